The van der Waals surface area contributed by atoms with Gasteiger partial charge in [0.05, 0.1) is 10.0 Å². The first-order valence-electron chi connectivity index (χ1n) is 6.68. The minimum absolute atomic E-state index is 0.141. The fourth-order valence-corrected chi connectivity index (χ4v) is 2.08. The molecule has 0 spiro atoms. The van der Waals surface area contributed by atoms with Crippen LogP contribution in [0.15, 0.2) is 18.2 Å². The van der Waals surface area contributed by atoms with Crippen molar-refractivity contribution < 1.29 is 14.6 Å². The van der Waals surface area contributed by atoms with Gasteiger partial charge in [-0.15, -0.1) is 0 Å². The summed E-state index contributed by atoms with van der Waals surface area (Å²) in [6, 6.07) is 5.14. The topological polar surface area (TPSA) is 50.7 Å². The molecule has 0 saturated heterocycles. The number of benzene rings is 1. The van der Waals surface area contributed by atoms with Crippen LogP contribution in [0.1, 0.15) is 13.3 Å². The van der Waals surface area contributed by atoms with Crippen molar-refractivity contribution >= 4 is 23.2 Å². The fourth-order valence-electron chi connectivity index (χ4n) is 1.57. The van der Waals surface area contributed by atoms with Gasteiger partial charge in [0.15, 0.2) is 5.75 Å². The molecular weight excluding hydrogens is 301 g/mol. The molecule has 0 unspecified atom stereocenters. The van der Waals surface area contributed by atoms with Crippen LogP contribution in [0, 0.1) is 0 Å². The van der Waals surface area contributed by atoms with Crippen molar-refractivity contribution in [2.45, 2.75) is 19.4 Å². The van der Waals surface area contributed by atoms with Crippen LogP contribution in [0.4, 0.5) is 0 Å². The maximum atomic E-state index is 9.79. The standard InChI is InChI=1S/C14H21Cl2NO3/c1-2-19-8-4-7-17-9-11(18)10-20-14-12(15)5-3-6-13(14)16/h3,5-6,11,17-18H,2,4,7-10H2,1H3/t11-/m1/s1. The van der Waals surface area contributed by atoms with Gasteiger partial charge in [-0.3, -0.25) is 0 Å². The van der Waals surface area contributed by atoms with Gasteiger partial charge < -0.3 is 19.9 Å². The third-order valence-corrected chi connectivity index (χ3v) is 3.16. The van der Waals surface area contributed by atoms with Crippen LogP contribution in [0.5, 0.6) is 5.75 Å². The number of aliphatic hydroxyl groups excluding tert-OH is 1. The Kier molecular flexibility index (Phi) is 8.98. The van der Waals surface area contributed by atoms with E-state index < -0.39 is 6.10 Å². The molecule has 0 amide bonds. The highest BCUT2D eigenvalue weighted by Crippen LogP contribution is 2.32. The van der Waals surface area contributed by atoms with Gasteiger partial charge in [0, 0.05) is 19.8 Å². The van der Waals surface area contributed by atoms with Crippen molar-refractivity contribution in [2.24, 2.45) is 0 Å². The molecule has 0 bridgehead atoms. The molecule has 2 N–H and O–H groups in total. The SMILES string of the molecule is CCOCCCNC[C@@H](O)COc1c(Cl)cccc1Cl. The summed E-state index contributed by atoms with van der Waals surface area (Å²) in [4.78, 5) is 0. The Morgan fingerprint density at radius 3 is 2.65 bits per heavy atom. The molecule has 6 heteroatoms. The molecule has 0 aromatic heterocycles. The van der Waals surface area contributed by atoms with Crippen LogP contribution in [-0.4, -0.2) is 44.1 Å². The van der Waals surface area contributed by atoms with Gasteiger partial charge in [-0.2, -0.15) is 0 Å². The van der Waals surface area contributed by atoms with E-state index in [2.05, 4.69) is 5.32 Å². The summed E-state index contributed by atoms with van der Waals surface area (Å²) in [5, 5.41) is 13.8. The summed E-state index contributed by atoms with van der Waals surface area (Å²) < 4.78 is 10.7. The molecular formula is C14H21Cl2NO3. The molecule has 0 saturated carbocycles. The summed E-state index contributed by atoms with van der Waals surface area (Å²) in [5.74, 6) is 0.409. The molecule has 1 rings (SSSR count). The zero-order chi connectivity index (χ0) is 14.8. The quantitative estimate of drug-likeness (QED) is 0.651. The Labute approximate surface area is 130 Å². The zero-order valence-electron chi connectivity index (χ0n) is 11.6. The lowest BCUT2D eigenvalue weighted by molar-refractivity contribution is 0.104. The normalized spacial score (nSPS) is 12.4. The Hall–Kier alpha value is -0.520. The lowest BCUT2D eigenvalue weighted by atomic mass is 10.3. The van der Waals surface area contributed by atoms with Crippen molar-refractivity contribution in [1.29, 1.82) is 0 Å². The van der Waals surface area contributed by atoms with Crippen molar-refractivity contribution in [2.75, 3.05) is 32.9 Å². The first-order valence-corrected chi connectivity index (χ1v) is 7.44. The third kappa shape index (κ3) is 6.77. The minimum Gasteiger partial charge on any atom is -0.488 e. The number of ether oxygens (including phenoxy) is 2. The minimum atomic E-state index is -0.616. The van der Waals surface area contributed by atoms with Crippen molar-refractivity contribution in [1.82, 2.24) is 5.32 Å². The van der Waals surface area contributed by atoms with E-state index in [-0.39, 0.29) is 6.61 Å². The molecule has 1 aromatic rings. The number of rotatable bonds is 10. The van der Waals surface area contributed by atoms with Crippen LogP contribution in [0.3, 0.4) is 0 Å². The Morgan fingerprint density at radius 2 is 2.00 bits per heavy atom. The molecule has 0 aliphatic heterocycles. The average molecular weight is 322 g/mol. The summed E-state index contributed by atoms with van der Waals surface area (Å²) in [6.45, 7) is 4.81. The third-order valence-electron chi connectivity index (χ3n) is 2.57. The first kappa shape index (κ1) is 17.5. The van der Waals surface area contributed by atoms with E-state index in [0.717, 1.165) is 26.2 Å². The number of para-hydroxylation sites is 1. The Bertz CT molecular complexity index is 370. The zero-order valence-corrected chi connectivity index (χ0v) is 13.1. The van der Waals surface area contributed by atoms with Crippen molar-refractivity contribution in [3.63, 3.8) is 0 Å². The van der Waals surface area contributed by atoms with E-state index in [1.807, 2.05) is 6.92 Å². The second kappa shape index (κ2) is 10.2. The average Bonchev–Trinajstić information content (AvgIpc) is 2.42. The van der Waals surface area contributed by atoms with Crippen LogP contribution < -0.4 is 10.1 Å². The van der Waals surface area contributed by atoms with Gasteiger partial charge in [0.25, 0.3) is 0 Å². The number of aliphatic hydroxyl groups is 1. The van der Waals surface area contributed by atoms with Gasteiger partial charge >= 0.3 is 0 Å². The monoisotopic (exact) mass is 321 g/mol. The van der Waals surface area contributed by atoms with Gasteiger partial charge in [0.2, 0.25) is 0 Å². The van der Waals surface area contributed by atoms with Crippen molar-refractivity contribution in [3.05, 3.63) is 28.2 Å². The molecule has 1 aromatic carbocycles. The highest BCUT2D eigenvalue weighted by atomic mass is 35.5. The maximum Gasteiger partial charge on any atom is 0.156 e. The predicted octanol–water partition coefficient (Wildman–Crippen LogP) is 2.75. The van der Waals surface area contributed by atoms with E-state index in [9.17, 15) is 5.11 Å². The molecule has 114 valence electrons. The number of nitrogens with one attached hydrogen (secondary N) is 1. The van der Waals surface area contributed by atoms with Crippen LogP contribution >= 0.6 is 23.2 Å². The summed E-state index contributed by atoms with van der Waals surface area (Å²) in [7, 11) is 0. The predicted molar refractivity (Wildman–Crippen MR) is 81.9 cm³/mol. The largest absolute Gasteiger partial charge is 0.488 e. The van der Waals surface area contributed by atoms with E-state index >= 15 is 0 Å². The van der Waals surface area contributed by atoms with Crippen molar-refractivity contribution in [3.8, 4) is 5.75 Å². The van der Waals surface area contributed by atoms with Gasteiger partial charge in [0.1, 0.15) is 12.7 Å². The molecule has 4 nitrogen and oxygen atoms in total. The number of hydrogen-bond acceptors (Lipinski definition) is 4. The van der Waals surface area contributed by atoms with Crippen LogP contribution in [0.25, 0.3) is 0 Å². The summed E-state index contributed by atoms with van der Waals surface area (Å²) >= 11 is 11.9. The highest BCUT2D eigenvalue weighted by Gasteiger charge is 2.10. The van der Waals surface area contributed by atoms with E-state index in [1.165, 1.54) is 0 Å². The second-order valence-corrected chi connectivity index (χ2v) is 5.08. The molecule has 0 aliphatic rings. The molecule has 0 radical (unpaired) electrons. The Morgan fingerprint density at radius 1 is 1.30 bits per heavy atom. The fraction of sp³-hybridized carbons (Fsp3) is 0.571. The summed E-state index contributed by atoms with van der Waals surface area (Å²) in [5.41, 5.74) is 0. The smallest absolute Gasteiger partial charge is 0.156 e. The number of hydrogen-bond donors (Lipinski definition) is 2. The summed E-state index contributed by atoms with van der Waals surface area (Å²) in [6.07, 6.45) is 0.298. The number of halogens is 2. The first-order chi connectivity index (χ1) is 9.65. The van der Waals surface area contributed by atoms with E-state index in [4.69, 9.17) is 32.7 Å². The van der Waals surface area contributed by atoms with Crippen LogP contribution in [-0.2, 0) is 4.74 Å². The van der Waals surface area contributed by atoms with Gasteiger partial charge in [-0.25, -0.2) is 0 Å². The van der Waals surface area contributed by atoms with Crippen LogP contribution in [0.2, 0.25) is 10.0 Å². The second-order valence-electron chi connectivity index (χ2n) is 4.27. The van der Waals surface area contributed by atoms with Gasteiger partial charge in [-0.1, -0.05) is 29.3 Å². The molecule has 0 heterocycles. The van der Waals surface area contributed by atoms with E-state index in [0.29, 0.717) is 22.3 Å². The molecule has 1 atom stereocenters. The molecule has 20 heavy (non-hydrogen) atoms. The molecule has 0 aliphatic carbocycles. The highest BCUT2D eigenvalue weighted by molar-refractivity contribution is 6.37. The Balaban J connectivity index is 2.18. The maximum absolute atomic E-state index is 9.79. The van der Waals surface area contributed by atoms with Gasteiger partial charge in [-0.05, 0) is 32.0 Å². The van der Waals surface area contributed by atoms with E-state index in [1.54, 1.807) is 18.2 Å². The lowest BCUT2D eigenvalue weighted by Gasteiger charge is -2.14. The molecule has 0 fully saturated rings. The lowest BCUT2D eigenvalue weighted by Crippen LogP contribution is -2.32.